The van der Waals surface area contributed by atoms with Gasteiger partial charge in [-0.2, -0.15) is 0 Å². The fourth-order valence-electron chi connectivity index (χ4n) is 1.49. The number of nitrogens with two attached hydrogens (primary N) is 1. The van der Waals surface area contributed by atoms with Crippen LogP contribution in [0.4, 0.5) is 0 Å². The topological polar surface area (TPSA) is 35.2 Å². The molecule has 1 saturated carbocycles. The fourth-order valence-corrected chi connectivity index (χ4v) is 1.49. The molecule has 0 spiro atoms. The number of methoxy groups -OCH3 is 1. The number of ether oxygens (including phenoxy) is 1. The van der Waals surface area contributed by atoms with Gasteiger partial charge in [-0.1, -0.05) is 19.8 Å². The molecular weight excluding hydrogens is 150 g/mol. The van der Waals surface area contributed by atoms with Crippen molar-refractivity contribution in [2.24, 2.45) is 17.6 Å². The standard InChI is InChI=1S/C10H21NO/c1-8(5-6-12-2)10(11)7-9-3-4-9/h8-10H,3-7,11H2,1-2H3. The first-order valence-electron chi connectivity index (χ1n) is 4.98. The van der Waals surface area contributed by atoms with Gasteiger partial charge >= 0.3 is 0 Å². The monoisotopic (exact) mass is 171 g/mol. The van der Waals surface area contributed by atoms with Gasteiger partial charge in [0.15, 0.2) is 0 Å². The molecule has 0 aromatic heterocycles. The highest BCUT2D eigenvalue weighted by molar-refractivity contribution is 4.80. The minimum absolute atomic E-state index is 0.396. The maximum absolute atomic E-state index is 6.04. The highest BCUT2D eigenvalue weighted by Crippen LogP contribution is 2.34. The summed E-state index contributed by atoms with van der Waals surface area (Å²) in [4.78, 5) is 0. The molecule has 2 unspecified atom stereocenters. The zero-order valence-corrected chi connectivity index (χ0v) is 8.25. The second-order valence-electron chi connectivity index (χ2n) is 4.10. The Morgan fingerprint density at radius 3 is 2.67 bits per heavy atom. The third-order valence-corrected chi connectivity index (χ3v) is 2.81. The highest BCUT2D eigenvalue weighted by Gasteiger charge is 2.25. The van der Waals surface area contributed by atoms with Gasteiger partial charge in [0.05, 0.1) is 0 Å². The van der Waals surface area contributed by atoms with Crippen molar-refractivity contribution in [3.8, 4) is 0 Å². The average molecular weight is 171 g/mol. The predicted octanol–water partition coefficient (Wildman–Crippen LogP) is 1.79. The summed E-state index contributed by atoms with van der Waals surface area (Å²) in [6, 6.07) is 0.396. The van der Waals surface area contributed by atoms with E-state index in [-0.39, 0.29) is 0 Å². The van der Waals surface area contributed by atoms with E-state index in [1.165, 1.54) is 19.3 Å². The zero-order chi connectivity index (χ0) is 8.97. The molecule has 1 fully saturated rings. The van der Waals surface area contributed by atoms with E-state index >= 15 is 0 Å². The largest absolute Gasteiger partial charge is 0.385 e. The Kier molecular flexibility index (Phi) is 4.02. The van der Waals surface area contributed by atoms with Crippen LogP contribution in [0.2, 0.25) is 0 Å². The van der Waals surface area contributed by atoms with Crippen LogP contribution in [-0.2, 0) is 4.74 Å². The molecule has 2 heteroatoms. The minimum Gasteiger partial charge on any atom is -0.385 e. The van der Waals surface area contributed by atoms with Crippen molar-refractivity contribution in [3.63, 3.8) is 0 Å². The second kappa shape index (κ2) is 4.83. The summed E-state index contributed by atoms with van der Waals surface area (Å²) in [5.41, 5.74) is 6.04. The highest BCUT2D eigenvalue weighted by atomic mass is 16.5. The summed E-state index contributed by atoms with van der Waals surface area (Å²) in [6.07, 6.45) is 5.14. The van der Waals surface area contributed by atoms with E-state index in [1.54, 1.807) is 7.11 Å². The molecule has 0 saturated heterocycles. The lowest BCUT2D eigenvalue weighted by Gasteiger charge is -2.18. The number of rotatable bonds is 6. The van der Waals surface area contributed by atoms with E-state index in [4.69, 9.17) is 10.5 Å². The Morgan fingerprint density at radius 2 is 2.17 bits per heavy atom. The molecule has 1 aliphatic rings. The molecule has 2 atom stereocenters. The predicted molar refractivity (Wildman–Crippen MR) is 51.0 cm³/mol. The van der Waals surface area contributed by atoms with E-state index < -0.39 is 0 Å². The Bertz CT molecular complexity index is 123. The first kappa shape index (κ1) is 10.0. The maximum Gasteiger partial charge on any atom is 0.0465 e. The molecule has 1 aliphatic carbocycles. The van der Waals surface area contributed by atoms with Crippen molar-refractivity contribution in [2.75, 3.05) is 13.7 Å². The van der Waals surface area contributed by atoms with E-state index in [2.05, 4.69) is 6.92 Å². The zero-order valence-electron chi connectivity index (χ0n) is 8.25. The van der Waals surface area contributed by atoms with E-state index in [0.717, 1.165) is 18.9 Å². The van der Waals surface area contributed by atoms with Crippen molar-refractivity contribution in [3.05, 3.63) is 0 Å². The molecule has 0 aromatic carbocycles. The van der Waals surface area contributed by atoms with Gasteiger partial charge in [0.2, 0.25) is 0 Å². The number of hydrogen-bond acceptors (Lipinski definition) is 2. The van der Waals surface area contributed by atoms with Crippen LogP contribution < -0.4 is 5.73 Å². The molecule has 12 heavy (non-hydrogen) atoms. The summed E-state index contributed by atoms with van der Waals surface area (Å²) >= 11 is 0. The van der Waals surface area contributed by atoms with Crippen LogP contribution in [0, 0.1) is 11.8 Å². The molecule has 1 rings (SSSR count). The summed E-state index contributed by atoms with van der Waals surface area (Å²) in [5, 5.41) is 0. The van der Waals surface area contributed by atoms with Crippen LogP contribution in [0.5, 0.6) is 0 Å². The molecule has 0 amide bonds. The Labute approximate surface area is 75.5 Å². The second-order valence-corrected chi connectivity index (χ2v) is 4.10. The lowest BCUT2D eigenvalue weighted by Crippen LogP contribution is -2.29. The Morgan fingerprint density at radius 1 is 1.50 bits per heavy atom. The van der Waals surface area contributed by atoms with Gasteiger partial charge in [0.1, 0.15) is 0 Å². The molecule has 0 bridgehead atoms. The fraction of sp³-hybridized carbons (Fsp3) is 1.00. The SMILES string of the molecule is COCCC(C)C(N)CC1CC1. The number of hydrogen-bond donors (Lipinski definition) is 1. The van der Waals surface area contributed by atoms with Crippen molar-refractivity contribution < 1.29 is 4.74 Å². The van der Waals surface area contributed by atoms with Gasteiger partial charge in [-0.25, -0.2) is 0 Å². The van der Waals surface area contributed by atoms with Gasteiger partial charge in [0, 0.05) is 19.8 Å². The molecule has 0 radical (unpaired) electrons. The summed E-state index contributed by atoms with van der Waals surface area (Å²) in [6.45, 7) is 3.08. The summed E-state index contributed by atoms with van der Waals surface area (Å²) in [5.74, 6) is 1.57. The Balaban J connectivity index is 2.06. The smallest absolute Gasteiger partial charge is 0.0465 e. The van der Waals surface area contributed by atoms with Gasteiger partial charge < -0.3 is 10.5 Å². The van der Waals surface area contributed by atoms with Crippen LogP contribution in [0.25, 0.3) is 0 Å². The lowest BCUT2D eigenvalue weighted by atomic mass is 9.95. The summed E-state index contributed by atoms with van der Waals surface area (Å²) in [7, 11) is 1.75. The average Bonchev–Trinajstić information content (AvgIpc) is 2.83. The van der Waals surface area contributed by atoms with Crippen molar-refractivity contribution in [2.45, 2.75) is 38.6 Å². The van der Waals surface area contributed by atoms with Crippen LogP contribution in [0.15, 0.2) is 0 Å². The Hall–Kier alpha value is -0.0800. The van der Waals surface area contributed by atoms with Crippen molar-refractivity contribution in [1.82, 2.24) is 0 Å². The molecule has 0 aliphatic heterocycles. The lowest BCUT2D eigenvalue weighted by molar-refractivity contribution is 0.173. The van der Waals surface area contributed by atoms with E-state index in [9.17, 15) is 0 Å². The van der Waals surface area contributed by atoms with Crippen LogP contribution in [0.1, 0.15) is 32.6 Å². The van der Waals surface area contributed by atoms with Gasteiger partial charge in [-0.05, 0) is 24.7 Å². The third-order valence-electron chi connectivity index (χ3n) is 2.81. The van der Waals surface area contributed by atoms with Crippen molar-refractivity contribution in [1.29, 1.82) is 0 Å². The molecule has 72 valence electrons. The molecular formula is C10H21NO. The van der Waals surface area contributed by atoms with Crippen LogP contribution in [-0.4, -0.2) is 19.8 Å². The first-order chi connectivity index (χ1) is 5.74. The third kappa shape index (κ3) is 3.55. The molecule has 2 nitrogen and oxygen atoms in total. The molecule has 0 aromatic rings. The van der Waals surface area contributed by atoms with Crippen molar-refractivity contribution >= 4 is 0 Å². The van der Waals surface area contributed by atoms with Gasteiger partial charge in [-0.3, -0.25) is 0 Å². The normalized spacial score (nSPS) is 22.2. The van der Waals surface area contributed by atoms with Gasteiger partial charge in [-0.15, -0.1) is 0 Å². The minimum atomic E-state index is 0.396. The van der Waals surface area contributed by atoms with Crippen LogP contribution in [0.3, 0.4) is 0 Å². The quantitative estimate of drug-likeness (QED) is 0.661. The molecule has 2 N–H and O–H groups in total. The van der Waals surface area contributed by atoms with Crippen LogP contribution >= 0.6 is 0 Å². The molecule has 0 heterocycles. The van der Waals surface area contributed by atoms with E-state index in [0.29, 0.717) is 12.0 Å². The van der Waals surface area contributed by atoms with Gasteiger partial charge in [0.25, 0.3) is 0 Å². The maximum atomic E-state index is 6.04. The van der Waals surface area contributed by atoms with E-state index in [1.807, 2.05) is 0 Å². The summed E-state index contributed by atoms with van der Waals surface area (Å²) < 4.78 is 5.03. The first-order valence-corrected chi connectivity index (χ1v) is 4.98.